The van der Waals surface area contributed by atoms with Crippen molar-refractivity contribution < 1.29 is 0 Å². The number of anilines is 1. The van der Waals surface area contributed by atoms with Gasteiger partial charge in [0.2, 0.25) is 0 Å². The number of amidine groups is 1. The van der Waals surface area contributed by atoms with E-state index in [-0.39, 0.29) is 0 Å². The van der Waals surface area contributed by atoms with Crippen LogP contribution in [-0.4, -0.2) is 78.1 Å². The molecule has 0 bridgehead atoms. The van der Waals surface area contributed by atoms with Crippen LogP contribution in [0.4, 0.5) is 5.69 Å². The highest BCUT2D eigenvalue weighted by Gasteiger charge is 2.23. The molecule has 1 aromatic carbocycles. The van der Waals surface area contributed by atoms with Crippen molar-refractivity contribution >= 4 is 11.5 Å². The van der Waals surface area contributed by atoms with E-state index >= 15 is 0 Å². The molecule has 2 aliphatic heterocycles. The molecule has 0 aliphatic carbocycles. The number of pyridine rings is 1. The highest BCUT2D eigenvalue weighted by Crippen LogP contribution is 2.24. The minimum atomic E-state index is 0.801. The molecule has 0 radical (unpaired) electrons. The molecule has 1 aromatic heterocycles. The van der Waals surface area contributed by atoms with E-state index in [1.807, 2.05) is 18.3 Å². The molecule has 4 rings (SSSR count). The average Bonchev–Trinajstić information content (AvgIpc) is 3.23. The maximum atomic E-state index is 4.87. The number of aryl methyl sites for hydroxylation is 1. The van der Waals surface area contributed by atoms with Crippen LogP contribution < -0.4 is 4.90 Å². The van der Waals surface area contributed by atoms with Gasteiger partial charge < -0.3 is 9.80 Å². The Hall–Kier alpha value is -2.86. The van der Waals surface area contributed by atoms with Crippen LogP contribution in [0.2, 0.25) is 0 Å². The number of benzene rings is 1. The molecule has 170 valence electrons. The minimum absolute atomic E-state index is 0.801. The highest BCUT2D eigenvalue weighted by molar-refractivity contribution is 5.99. The van der Waals surface area contributed by atoms with Crippen LogP contribution in [-0.2, 0) is 0 Å². The van der Waals surface area contributed by atoms with Crippen molar-refractivity contribution in [2.24, 2.45) is 5.10 Å². The number of nitrogens with zero attached hydrogens (tertiary/aromatic N) is 6. The Kier molecular flexibility index (Phi) is 7.43. The van der Waals surface area contributed by atoms with Crippen molar-refractivity contribution in [3.8, 4) is 0 Å². The van der Waals surface area contributed by atoms with Gasteiger partial charge in [0, 0.05) is 62.9 Å². The van der Waals surface area contributed by atoms with Gasteiger partial charge in [-0.15, -0.1) is 6.58 Å². The normalized spacial score (nSPS) is 17.1. The number of aromatic nitrogens is 1. The molecule has 0 unspecified atom stereocenters. The fourth-order valence-electron chi connectivity index (χ4n) is 4.57. The Labute approximate surface area is 192 Å². The van der Waals surface area contributed by atoms with Crippen molar-refractivity contribution in [3.63, 3.8) is 0 Å². The minimum Gasteiger partial charge on any atom is -0.369 e. The van der Waals surface area contributed by atoms with Gasteiger partial charge in [-0.3, -0.25) is 14.9 Å². The van der Waals surface area contributed by atoms with E-state index in [9.17, 15) is 0 Å². The zero-order valence-corrected chi connectivity index (χ0v) is 19.6. The van der Waals surface area contributed by atoms with Gasteiger partial charge in [-0.05, 0) is 62.6 Å². The molecule has 1 fully saturated rings. The van der Waals surface area contributed by atoms with Gasteiger partial charge in [-0.25, -0.2) is 0 Å². The summed E-state index contributed by atoms with van der Waals surface area (Å²) < 4.78 is 0. The molecule has 3 heterocycles. The van der Waals surface area contributed by atoms with Crippen LogP contribution in [0.15, 0.2) is 60.5 Å². The summed E-state index contributed by atoms with van der Waals surface area (Å²) in [7, 11) is 0. The third-order valence-electron chi connectivity index (χ3n) is 6.57. The summed E-state index contributed by atoms with van der Waals surface area (Å²) >= 11 is 0. The number of hydrogen-bond donors (Lipinski definition) is 0. The summed E-state index contributed by atoms with van der Waals surface area (Å²) in [5, 5.41) is 7.05. The first kappa shape index (κ1) is 22.3. The fraction of sp³-hybridized carbons (Fsp3) is 0.462. The Balaban J connectivity index is 1.21. The largest absolute Gasteiger partial charge is 0.369 e. The number of hydrogen-bond acceptors (Lipinski definition) is 6. The second-order valence-corrected chi connectivity index (χ2v) is 8.80. The molecule has 0 N–H and O–H groups in total. The zero-order chi connectivity index (χ0) is 22.3. The molecule has 1 saturated heterocycles. The third-order valence-corrected chi connectivity index (χ3v) is 6.57. The van der Waals surface area contributed by atoms with Crippen LogP contribution >= 0.6 is 0 Å². The first-order valence-electron chi connectivity index (χ1n) is 11.8. The molecule has 0 saturated carbocycles. The smallest absolute Gasteiger partial charge is 0.159 e. The summed E-state index contributed by atoms with van der Waals surface area (Å²) in [5.74, 6) is 1.00. The monoisotopic (exact) mass is 432 g/mol. The molecule has 0 spiro atoms. The highest BCUT2D eigenvalue weighted by atomic mass is 15.6. The molecule has 6 heteroatoms. The number of piperazine rings is 1. The van der Waals surface area contributed by atoms with Gasteiger partial charge in [0.25, 0.3) is 0 Å². The average molecular weight is 433 g/mol. The predicted octanol–water partition coefficient (Wildman–Crippen LogP) is 3.72. The lowest BCUT2D eigenvalue weighted by Gasteiger charge is -2.37. The van der Waals surface area contributed by atoms with E-state index < -0.39 is 0 Å². The summed E-state index contributed by atoms with van der Waals surface area (Å²) in [6.45, 7) is 16.7. The Morgan fingerprint density at radius 2 is 1.81 bits per heavy atom. The maximum Gasteiger partial charge on any atom is 0.159 e. The standard InChI is InChI=1S/C26H36N6/c1-4-13-31-21-32(28-26(31)24-10-8-12-27-20-24)15-6-5-14-29-16-18-30(19-17-29)25-11-7-9-22(2)23(25)3/h4,7-12,20H,1,5-6,13-19,21H2,2-3H3. The van der Waals surface area contributed by atoms with Crippen LogP contribution in [0.3, 0.4) is 0 Å². The lowest BCUT2D eigenvalue weighted by atomic mass is 10.1. The second-order valence-electron chi connectivity index (χ2n) is 8.80. The van der Waals surface area contributed by atoms with Crippen LogP contribution in [0, 0.1) is 13.8 Å². The lowest BCUT2D eigenvalue weighted by molar-refractivity contribution is 0.221. The molecule has 2 aliphatic rings. The van der Waals surface area contributed by atoms with E-state index in [1.54, 1.807) is 6.20 Å². The van der Waals surface area contributed by atoms with Gasteiger partial charge >= 0.3 is 0 Å². The summed E-state index contributed by atoms with van der Waals surface area (Å²) in [5.41, 5.74) is 5.28. The van der Waals surface area contributed by atoms with Crippen molar-refractivity contribution in [2.45, 2.75) is 26.7 Å². The lowest BCUT2D eigenvalue weighted by Crippen LogP contribution is -2.47. The zero-order valence-electron chi connectivity index (χ0n) is 19.6. The summed E-state index contributed by atoms with van der Waals surface area (Å²) in [6, 6.07) is 10.7. The molecule has 0 amide bonds. The van der Waals surface area contributed by atoms with Crippen molar-refractivity contribution in [1.29, 1.82) is 0 Å². The molecular weight excluding hydrogens is 396 g/mol. The van der Waals surface area contributed by atoms with Crippen LogP contribution in [0.1, 0.15) is 29.5 Å². The Morgan fingerprint density at radius 3 is 2.56 bits per heavy atom. The molecule has 0 atom stereocenters. The van der Waals surface area contributed by atoms with Crippen LogP contribution in [0.5, 0.6) is 0 Å². The quantitative estimate of drug-likeness (QED) is 0.446. The first-order valence-corrected chi connectivity index (χ1v) is 11.8. The van der Waals surface area contributed by atoms with Gasteiger partial charge in [0.15, 0.2) is 5.84 Å². The van der Waals surface area contributed by atoms with E-state index in [0.717, 1.165) is 63.8 Å². The van der Waals surface area contributed by atoms with Crippen molar-refractivity contribution in [3.05, 3.63) is 72.1 Å². The number of hydrazone groups is 1. The van der Waals surface area contributed by atoms with E-state index in [1.165, 1.54) is 29.8 Å². The summed E-state index contributed by atoms with van der Waals surface area (Å²) in [6.07, 6.45) is 7.99. The molecular formula is C26H36N6. The number of rotatable bonds is 9. The van der Waals surface area contributed by atoms with E-state index in [4.69, 9.17) is 5.10 Å². The molecule has 32 heavy (non-hydrogen) atoms. The topological polar surface area (TPSA) is 38.2 Å². The van der Waals surface area contributed by atoms with E-state index in [0.29, 0.717) is 0 Å². The molecule has 6 nitrogen and oxygen atoms in total. The summed E-state index contributed by atoms with van der Waals surface area (Å²) in [4.78, 5) is 11.7. The Bertz CT molecular complexity index is 917. The predicted molar refractivity (Wildman–Crippen MR) is 133 cm³/mol. The fourth-order valence-corrected chi connectivity index (χ4v) is 4.57. The first-order chi connectivity index (χ1) is 15.7. The maximum absolute atomic E-state index is 4.87. The number of unbranched alkanes of at least 4 members (excludes halogenated alkanes) is 1. The van der Waals surface area contributed by atoms with Gasteiger partial charge in [0.05, 0.1) is 0 Å². The van der Waals surface area contributed by atoms with Crippen LogP contribution in [0.25, 0.3) is 0 Å². The van der Waals surface area contributed by atoms with Gasteiger partial charge in [0.1, 0.15) is 6.67 Å². The van der Waals surface area contributed by atoms with Crippen molar-refractivity contribution in [1.82, 2.24) is 19.8 Å². The second kappa shape index (κ2) is 10.6. The van der Waals surface area contributed by atoms with Gasteiger partial charge in [-0.1, -0.05) is 18.2 Å². The molecule has 2 aromatic rings. The van der Waals surface area contributed by atoms with Gasteiger partial charge in [-0.2, -0.15) is 5.10 Å². The Morgan fingerprint density at radius 1 is 1.00 bits per heavy atom. The van der Waals surface area contributed by atoms with Crippen molar-refractivity contribution in [2.75, 3.05) is 57.4 Å². The third kappa shape index (κ3) is 5.30. The van der Waals surface area contributed by atoms with E-state index in [2.05, 4.69) is 69.4 Å². The SMILES string of the molecule is C=CCN1CN(CCCCN2CCN(c3cccc(C)c3C)CC2)N=C1c1cccnc1.